The Morgan fingerprint density at radius 2 is 2.00 bits per heavy atom. The lowest BCUT2D eigenvalue weighted by molar-refractivity contribution is -0.132. The number of piperazine rings is 1. The van der Waals surface area contributed by atoms with E-state index in [1.165, 1.54) is 0 Å². The van der Waals surface area contributed by atoms with Crippen LogP contribution in [0.4, 0.5) is 0 Å². The molecule has 0 atom stereocenters. The lowest BCUT2D eigenvalue weighted by atomic mass is 10.2. The minimum atomic E-state index is 0.0565. The van der Waals surface area contributed by atoms with Gasteiger partial charge in [-0.1, -0.05) is 5.21 Å². The Hall–Kier alpha value is -2.35. The highest BCUT2D eigenvalue weighted by Crippen LogP contribution is 2.35. The number of aromatic nitrogens is 3. The van der Waals surface area contributed by atoms with Crippen LogP contribution in [0.2, 0.25) is 0 Å². The van der Waals surface area contributed by atoms with Crippen LogP contribution in [0.1, 0.15) is 0 Å². The van der Waals surface area contributed by atoms with Crippen molar-refractivity contribution in [2.45, 2.75) is 6.54 Å². The van der Waals surface area contributed by atoms with Crippen LogP contribution in [0.3, 0.4) is 0 Å². The van der Waals surface area contributed by atoms with Crippen LogP contribution in [0, 0.1) is 0 Å². The molecule has 1 aromatic carbocycles. The molecule has 0 radical (unpaired) electrons. The molecule has 0 unspecified atom stereocenters. The molecule has 2 aromatic rings. The summed E-state index contributed by atoms with van der Waals surface area (Å²) in [5, 5.41) is 11.4. The standard InChI is InChI=1S/C13H15N5O3/c19-13(17-3-1-14-2-4-17)7-18-10-6-12-11(20-8-21-12)5-9(10)15-16-18/h5-6,14H,1-4,7-8H2. The van der Waals surface area contributed by atoms with E-state index in [2.05, 4.69) is 15.6 Å². The van der Waals surface area contributed by atoms with Gasteiger partial charge in [0.05, 0.1) is 5.52 Å². The first kappa shape index (κ1) is 12.4. The Morgan fingerprint density at radius 1 is 1.24 bits per heavy atom. The largest absolute Gasteiger partial charge is 0.454 e. The van der Waals surface area contributed by atoms with Crippen molar-refractivity contribution < 1.29 is 14.3 Å². The van der Waals surface area contributed by atoms with E-state index in [4.69, 9.17) is 9.47 Å². The highest BCUT2D eigenvalue weighted by molar-refractivity contribution is 5.82. The van der Waals surface area contributed by atoms with Crippen molar-refractivity contribution in [1.29, 1.82) is 0 Å². The smallest absolute Gasteiger partial charge is 0.244 e. The zero-order chi connectivity index (χ0) is 14.2. The normalized spacial score (nSPS) is 17.4. The van der Waals surface area contributed by atoms with E-state index in [9.17, 15) is 4.79 Å². The molecule has 21 heavy (non-hydrogen) atoms. The van der Waals surface area contributed by atoms with Crippen molar-refractivity contribution in [2.24, 2.45) is 0 Å². The van der Waals surface area contributed by atoms with Crippen LogP contribution in [0.25, 0.3) is 11.0 Å². The maximum absolute atomic E-state index is 12.3. The van der Waals surface area contributed by atoms with Crippen molar-refractivity contribution in [3.63, 3.8) is 0 Å². The van der Waals surface area contributed by atoms with E-state index in [0.29, 0.717) is 17.0 Å². The van der Waals surface area contributed by atoms with Crippen molar-refractivity contribution in [1.82, 2.24) is 25.2 Å². The number of hydrogen-bond acceptors (Lipinski definition) is 6. The molecule has 0 saturated carbocycles. The molecule has 2 aliphatic rings. The number of nitrogens with zero attached hydrogens (tertiary/aromatic N) is 4. The molecule has 1 N–H and O–H groups in total. The molecule has 4 rings (SSSR count). The Kier molecular flexibility index (Phi) is 2.88. The van der Waals surface area contributed by atoms with Gasteiger partial charge < -0.3 is 19.7 Å². The molecule has 8 heteroatoms. The van der Waals surface area contributed by atoms with Crippen molar-refractivity contribution in [3.05, 3.63) is 12.1 Å². The topological polar surface area (TPSA) is 81.5 Å². The maximum Gasteiger partial charge on any atom is 0.244 e. The highest BCUT2D eigenvalue weighted by Gasteiger charge is 2.20. The summed E-state index contributed by atoms with van der Waals surface area (Å²) in [5.41, 5.74) is 1.48. The number of carbonyl (C=O) groups is 1. The maximum atomic E-state index is 12.3. The fraction of sp³-hybridized carbons (Fsp3) is 0.462. The zero-order valence-electron chi connectivity index (χ0n) is 11.4. The first-order chi connectivity index (χ1) is 10.3. The van der Waals surface area contributed by atoms with Gasteiger partial charge in [0, 0.05) is 38.3 Å². The summed E-state index contributed by atoms with van der Waals surface area (Å²) in [6.07, 6.45) is 0. The van der Waals surface area contributed by atoms with Gasteiger partial charge in [-0.25, -0.2) is 4.68 Å². The first-order valence-corrected chi connectivity index (χ1v) is 6.92. The monoisotopic (exact) mass is 289 g/mol. The number of fused-ring (bicyclic) bond motifs is 2. The van der Waals surface area contributed by atoms with Crippen LogP contribution >= 0.6 is 0 Å². The number of benzene rings is 1. The van der Waals surface area contributed by atoms with Crippen LogP contribution < -0.4 is 14.8 Å². The molecule has 0 bridgehead atoms. The Labute approximate surface area is 120 Å². The molecule has 3 heterocycles. The van der Waals surface area contributed by atoms with Gasteiger partial charge in [-0.2, -0.15) is 0 Å². The summed E-state index contributed by atoms with van der Waals surface area (Å²) in [6.45, 7) is 3.55. The summed E-state index contributed by atoms with van der Waals surface area (Å²) in [5.74, 6) is 1.39. The van der Waals surface area contributed by atoms with E-state index in [0.717, 1.165) is 31.7 Å². The van der Waals surface area contributed by atoms with Gasteiger partial charge in [0.2, 0.25) is 12.7 Å². The molecule has 2 aliphatic heterocycles. The van der Waals surface area contributed by atoms with Crippen LogP contribution in [-0.4, -0.2) is 58.8 Å². The molecule has 8 nitrogen and oxygen atoms in total. The van der Waals surface area contributed by atoms with Gasteiger partial charge in [-0.05, 0) is 0 Å². The second-order valence-electron chi connectivity index (χ2n) is 5.07. The molecule has 1 saturated heterocycles. The van der Waals surface area contributed by atoms with Gasteiger partial charge in [-0.3, -0.25) is 4.79 Å². The lowest BCUT2D eigenvalue weighted by Gasteiger charge is -2.27. The van der Waals surface area contributed by atoms with Gasteiger partial charge in [0.1, 0.15) is 12.1 Å². The second kappa shape index (κ2) is 4.88. The summed E-state index contributed by atoms with van der Waals surface area (Å²) in [4.78, 5) is 14.1. The minimum Gasteiger partial charge on any atom is -0.454 e. The Morgan fingerprint density at radius 3 is 2.81 bits per heavy atom. The van der Waals surface area contributed by atoms with Gasteiger partial charge in [0.15, 0.2) is 11.5 Å². The highest BCUT2D eigenvalue weighted by atomic mass is 16.7. The molecule has 1 amide bonds. The molecule has 1 aromatic heterocycles. The first-order valence-electron chi connectivity index (χ1n) is 6.92. The minimum absolute atomic E-state index is 0.0565. The summed E-state index contributed by atoms with van der Waals surface area (Å²) in [7, 11) is 0. The lowest BCUT2D eigenvalue weighted by Crippen LogP contribution is -2.47. The average Bonchev–Trinajstić information content (AvgIpc) is 3.13. The van der Waals surface area contributed by atoms with E-state index < -0.39 is 0 Å². The summed E-state index contributed by atoms with van der Waals surface area (Å²) >= 11 is 0. The van der Waals surface area contributed by atoms with Crippen LogP contribution in [-0.2, 0) is 11.3 Å². The number of amides is 1. The van der Waals surface area contributed by atoms with Crippen molar-refractivity contribution in [2.75, 3.05) is 33.0 Å². The predicted molar refractivity (Wildman–Crippen MR) is 73.1 cm³/mol. The molecular weight excluding hydrogens is 274 g/mol. The van der Waals surface area contributed by atoms with E-state index in [-0.39, 0.29) is 19.2 Å². The quantitative estimate of drug-likeness (QED) is 0.809. The van der Waals surface area contributed by atoms with E-state index >= 15 is 0 Å². The van der Waals surface area contributed by atoms with Crippen molar-refractivity contribution in [3.8, 4) is 11.5 Å². The van der Waals surface area contributed by atoms with Crippen LogP contribution in [0.15, 0.2) is 12.1 Å². The number of hydrogen-bond donors (Lipinski definition) is 1. The molecule has 110 valence electrons. The number of nitrogens with one attached hydrogen (secondary N) is 1. The Bertz CT molecular complexity index is 692. The van der Waals surface area contributed by atoms with Crippen molar-refractivity contribution >= 4 is 16.9 Å². The van der Waals surface area contributed by atoms with Gasteiger partial charge in [-0.15, -0.1) is 5.10 Å². The fourth-order valence-electron chi connectivity index (χ4n) is 2.62. The third-order valence-corrected chi connectivity index (χ3v) is 3.76. The summed E-state index contributed by atoms with van der Waals surface area (Å²) < 4.78 is 12.3. The van der Waals surface area contributed by atoms with E-state index in [1.807, 2.05) is 11.0 Å². The summed E-state index contributed by atoms with van der Waals surface area (Å²) in [6, 6.07) is 3.61. The molecule has 1 fully saturated rings. The zero-order valence-corrected chi connectivity index (χ0v) is 11.4. The second-order valence-corrected chi connectivity index (χ2v) is 5.07. The fourth-order valence-corrected chi connectivity index (χ4v) is 2.62. The number of ether oxygens (including phenoxy) is 2. The third kappa shape index (κ3) is 2.17. The van der Waals surface area contributed by atoms with Gasteiger partial charge >= 0.3 is 0 Å². The third-order valence-electron chi connectivity index (χ3n) is 3.76. The average molecular weight is 289 g/mol. The van der Waals surface area contributed by atoms with Crippen LogP contribution in [0.5, 0.6) is 11.5 Å². The molecular formula is C13H15N5O3. The molecule has 0 spiro atoms. The molecule has 0 aliphatic carbocycles. The van der Waals surface area contributed by atoms with E-state index in [1.54, 1.807) is 10.7 Å². The predicted octanol–water partition coefficient (Wildman–Crippen LogP) is -0.408. The number of carbonyl (C=O) groups excluding carboxylic acids is 1. The number of rotatable bonds is 2. The Balaban J connectivity index is 1.60. The SMILES string of the molecule is O=C(Cn1nnc2cc3c(cc21)OCO3)N1CCNCC1. The van der Waals surface area contributed by atoms with Gasteiger partial charge in [0.25, 0.3) is 0 Å².